The molecule has 0 heteroatoms. The van der Waals surface area contributed by atoms with Crippen LogP contribution in [0.25, 0.3) is 0 Å². The monoisotopic (exact) mass is 354 g/mol. The lowest BCUT2D eigenvalue weighted by molar-refractivity contribution is 0.162. The van der Waals surface area contributed by atoms with Gasteiger partial charge >= 0.3 is 0 Å². The Kier molecular flexibility index (Phi) is 8.38. The Bertz CT molecular complexity index is 579. The molecule has 1 aliphatic rings. The van der Waals surface area contributed by atoms with Crippen LogP contribution >= 0.6 is 0 Å². The highest BCUT2D eigenvalue weighted by atomic mass is 14.4. The second kappa shape index (κ2) is 9.58. The Morgan fingerprint density at radius 1 is 0.962 bits per heavy atom. The van der Waals surface area contributed by atoms with Crippen molar-refractivity contribution in [1.29, 1.82) is 0 Å². The van der Waals surface area contributed by atoms with Crippen LogP contribution < -0.4 is 0 Å². The first-order valence-electron chi connectivity index (χ1n) is 10.4. The third kappa shape index (κ3) is 7.14. The van der Waals surface area contributed by atoms with E-state index in [4.69, 9.17) is 0 Å². The van der Waals surface area contributed by atoms with Crippen LogP contribution in [0.15, 0.2) is 59.8 Å². The normalized spacial score (nSPS) is 20.2. The van der Waals surface area contributed by atoms with Crippen molar-refractivity contribution in [2.45, 2.75) is 87.5 Å². The Morgan fingerprint density at radius 2 is 1.65 bits per heavy atom. The van der Waals surface area contributed by atoms with E-state index in [1.54, 1.807) is 0 Å². The minimum atomic E-state index is 0.156. The molecule has 1 aliphatic carbocycles. The molecule has 146 valence electrons. The zero-order chi connectivity index (χ0) is 19.8. The first kappa shape index (κ1) is 22.7. The molecule has 0 nitrogen and oxygen atoms in total. The molecule has 0 N–H and O–H groups in total. The predicted molar refractivity (Wildman–Crippen MR) is 119 cm³/mol. The van der Waals surface area contributed by atoms with Gasteiger partial charge < -0.3 is 0 Å². The molecule has 0 aromatic heterocycles. The van der Waals surface area contributed by atoms with E-state index in [9.17, 15) is 0 Å². The molecule has 0 radical (unpaired) electrons. The Balaban J connectivity index is 2.87. The molecule has 0 heterocycles. The third-order valence-electron chi connectivity index (χ3n) is 6.08. The molecule has 0 aromatic carbocycles. The topological polar surface area (TPSA) is 0 Å². The van der Waals surface area contributed by atoms with E-state index in [0.29, 0.717) is 0 Å². The number of rotatable bonds is 6. The van der Waals surface area contributed by atoms with E-state index in [1.807, 2.05) is 0 Å². The van der Waals surface area contributed by atoms with Crippen LogP contribution in [0.4, 0.5) is 0 Å². The first-order chi connectivity index (χ1) is 12.0. The second-order valence-corrected chi connectivity index (χ2v) is 10.00. The molecule has 1 unspecified atom stereocenters. The van der Waals surface area contributed by atoms with Crippen LogP contribution in [0.3, 0.4) is 0 Å². The Labute approximate surface area is 163 Å². The summed E-state index contributed by atoms with van der Waals surface area (Å²) >= 11 is 0. The van der Waals surface area contributed by atoms with E-state index in [-0.39, 0.29) is 16.2 Å². The zero-order valence-electron chi connectivity index (χ0n) is 18.7. The molecule has 0 aromatic rings. The molecule has 1 atom stereocenters. The summed E-state index contributed by atoms with van der Waals surface area (Å²) in [6, 6.07) is 0. The molecule has 0 bridgehead atoms. The van der Waals surface area contributed by atoms with Gasteiger partial charge in [-0.1, -0.05) is 110 Å². The van der Waals surface area contributed by atoms with Crippen molar-refractivity contribution in [2.75, 3.05) is 0 Å². The summed E-state index contributed by atoms with van der Waals surface area (Å²) in [5, 5.41) is 0. The largest absolute Gasteiger partial charge is 0.0813 e. The van der Waals surface area contributed by atoms with Gasteiger partial charge in [-0.15, -0.1) is 0 Å². The number of allylic oxidation sites excluding steroid dienone is 10. The summed E-state index contributed by atoms with van der Waals surface area (Å²) in [6.07, 6.45) is 24.6. The van der Waals surface area contributed by atoms with Crippen LogP contribution in [-0.2, 0) is 0 Å². The van der Waals surface area contributed by atoms with Crippen LogP contribution in [0.2, 0.25) is 0 Å². The first-order valence-corrected chi connectivity index (χ1v) is 10.4. The molecular weight excluding hydrogens is 312 g/mol. The van der Waals surface area contributed by atoms with Gasteiger partial charge in [-0.25, -0.2) is 0 Å². The van der Waals surface area contributed by atoms with Crippen molar-refractivity contribution in [3.63, 3.8) is 0 Å². The molecule has 0 amide bonds. The van der Waals surface area contributed by atoms with E-state index in [0.717, 1.165) is 6.42 Å². The van der Waals surface area contributed by atoms with E-state index < -0.39 is 0 Å². The summed E-state index contributed by atoms with van der Waals surface area (Å²) in [7, 11) is 0. The van der Waals surface area contributed by atoms with Gasteiger partial charge in [-0.05, 0) is 53.9 Å². The van der Waals surface area contributed by atoms with Gasteiger partial charge in [-0.3, -0.25) is 0 Å². The minimum Gasteiger partial charge on any atom is -0.0813 e. The predicted octanol–water partition coefficient (Wildman–Crippen LogP) is 8.59. The average Bonchev–Trinajstić information content (AvgIpc) is 2.55. The molecular formula is C26H42. The number of hydrogen-bond acceptors (Lipinski definition) is 0. The van der Waals surface area contributed by atoms with Gasteiger partial charge in [0.05, 0.1) is 0 Å². The molecule has 0 spiro atoms. The minimum absolute atomic E-state index is 0.156. The van der Waals surface area contributed by atoms with Crippen molar-refractivity contribution in [3.8, 4) is 0 Å². The quantitative estimate of drug-likeness (QED) is 0.419. The van der Waals surface area contributed by atoms with Crippen molar-refractivity contribution in [3.05, 3.63) is 59.8 Å². The summed E-state index contributed by atoms with van der Waals surface area (Å²) in [6.45, 7) is 18.5. The van der Waals surface area contributed by atoms with E-state index in [1.165, 1.54) is 36.8 Å². The molecule has 0 aliphatic heterocycles. The van der Waals surface area contributed by atoms with E-state index in [2.05, 4.69) is 104 Å². The summed E-state index contributed by atoms with van der Waals surface area (Å²) < 4.78 is 0. The van der Waals surface area contributed by atoms with Crippen LogP contribution in [-0.4, -0.2) is 0 Å². The standard InChI is InChI=1S/C26H42/c1-9-26(8,25(5,6)7)21-15-11-14-18-23(24(2,3)4)20-19-22-16-12-10-13-17-22/h11,14-16,18-21H,9-10,12-13,17H2,1-8H3/b14-11+,20-19+,21-15+,23-18-. The fourth-order valence-electron chi connectivity index (χ4n) is 3.16. The Morgan fingerprint density at radius 3 is 2.15 bits per heavy atom. The maximum atomic E-state index is 2.40. The zero-order valence-corrected chi connectivity index (χ0v) is 18.7. The molecule has 26 heavy (non-hydrogen) atoms. The lowest BCUT2D eigenvalue weighted by Crippen LogP contribution is -2.29. The second-order valence-electron chi connectivity index (χ2n) is 10.00. The van der Waals surface area contributed by atoms with Crippen molar-refractivity contribution in [1.82, 2.24) is 0 Å². The van der Waals surface area contributed by atoms with Gasteiger partial charge in [0.25, 0.3) is 0 Å². The van der Waals surface area contributed by atoms with Crippen LogP contribution in [0.1, 0.15) is 87.5 Å². The van der Waals surface area contributed by atoms with E-state index >= 15 is 0 Å². The van der Waals surface area contributed by atoms with Crippen molar-refractivity contribution >= 4 is 0 Å². The molecule has 0 saturated heterocycles. The van der Waals surface area contributed by atoms with Gasteiger partial charge in [0, 0.05) is 0 Å². The fraction of sp³-hybridized carbons (Fsp3) is 0.615. The Hall–Kier alpha value is -1.30. The van der Waals surface area contributed by atoms with Crippen LogP contribution in [0, 0.1) is 16.2 Å². The number of hydrogen-bond donors (Lipinski definition) is 0. The van der Waals surface area contributed by atoms with Crippen LogP contribution in [0.5, 0.6) is 0 Å². The maximum absolute atomic E-state index is 2.40. The van der Waals surface area contributed by atoms with Gasteiger partial charge in [0.2, 0.25) is 0 Å². The molecule has 0 saturated carbocycles. The van der Waals surface area contributed by atoms with Gasteiger partial charge in [0.15, 0.2) is 0 Å². The average molecular weight is 355 g/mol. The highest BCUT2D eigenvalue weighted by molar-refractivity contribution is 5.34. The molecule has 1 rings (SSSR count). The van der Waals surface area contributed by atoms with Crippen molar-refractivity contribution < 1.29 is 0 Å². The lowest BCUT2D eigenvalue weighted by Gasteiger charge is -2.39. The smallest absolute Gasteiger partial charge is 0.00975 e. The van der Waals surface area contributed by atoms with Gasteiger partial charge in [-0.2, -0.15) is 0 Å². The lowest BCUT2D eigenvalue weighted by atomic mass is 9.66. The maximum Gasteiger partial charge on any atom is -0.00975 e. The highest BCUT2D eigenvalue weighted by Crippen LogP contribution is 2.42. The third-order valence-corrected chi connectivity index (χ3v) is 6.08. The highest BCUT2D eigenvalue weighted by Gasteiger charge is 2.32. The summed E-state index contributed by atoms with van der Waals surface area (Å²) in [4.78, 5) is 0. The summed E-state index contributed by atoms with van der Waals surface area (Å²) in [5.41, 5.74) is 3.53. The summed E-state index contributed by atoms with van der Waals surface area (Å²) in [5.74, 6) is 0. The van der Waals surface area contributed by atoms with Crippen molar-refractivity contribution in [2.24, 2.45) is 16.2 Å². The molecule has 0 fully saturated rings. The SMILES string of the molecule is CCC(C)(/C=C/C=C/C=C(/C=C/C1=CCCCC1)C(C)(C)C)C(C)(C)C. The fourth-order valence-corrected chi connectivity index (χ4v) is 3.16. The van der Waals surface area contributed by atoms with Gasteiger partial charge in [0.1, 0.15) is 0 Å².